The van der Waals surface area contributed by atoms with Gasteiger partial charge in [-0.25, -0.2) is 9.97 Å². The number of benzene rings is 1. The molecule has 6 rings (SSSR count). The predicted octanol–water partition coefficient (Wildman–Crippen LogP) is 5.18. The summed E-state index contributed by atoms with van der Waals surface area (Å²) in [6, 6.07) is 10.2. The van der Waals surface area contributed by atoms with Crippen molar-refractivity contribution < 1.29 is 13.2 Å². The number of thiophene rings is 1. The van der Waals surface area contributed by atoms with Crippen molar-refractivity contribution in [3.63, 3.8) is 0 Å². The van der Waals surface area contributed by atoms with Gasteiger partial charge in [0.15, 0.2) is 0 Å². The van der Waals surface area contributed by atoms with E-state index in [0.717, 1.165) is 66.0 Å². The minimum Gasteiger partial charge on any atom is -0.367 e. The molecule has 5 aromatic rings. The molecule has 41 heavy (non-hydrogen) atoms. The Hall–Kier alpha value is -4.02. The molecule has 0 bridgehead atoms. The fraction of sp³-hybridized carbons (Fsp3) is 0.393. The Balaban J connectivity index is 1.12. The summed E-state index contributed by atoms with van der Waals surface area (Å²) in [4.78, 5) is 11.7. The van der Waals surface area contributed by atoms with Crippen LogP contribution in [-0.4, -0.2) is 59.7 Å². The highest BCUT2D eigenvalue weighted by Crippen LogP contribution is 2.33. The number of hydrogen-bond acceptors (Lipinski definition) is 8. The zero-order valence-electron chi connectivity index (χ0n) is 22.6. The summed E-state index contributed by atoms with van der Waals surface area (Å²) >= 11 is 1.06. The van der Waals surface area contributed by atoms with Gasteiger partial charge in [-0.1, -0.05) is 11.3 Å². The molecule has 1 saturated heterocycles. The van der Waals surface area contributed by atoms with Crippen LogP contribution in [0.5, 0.6) is 0 Å². The number of nitrogens with zero attached hydrogens (tertiary/aromatic N) is 8. The quantitative estimate of drug-likeness (QED) is 0.283. The van der Waals surface area contributed by atoms with Gasteiger partial charge in [0, 0.05) is 54.7 Å². The van der Waals surface area contributed by atoms with Crippen LogP contribution in [0.15, 0.2) is 36.8 Å². The molecule has 5 heterocycles. The molecular formula is C28H28F3N9S. The monoisotopic (exact) mass is 579 g/mol. The van der Waals surface area contributed by atoms with Gasteiger partial charge in [0.05, 0.1) is 18.4 Å². The van der Waals surface area contributed by atoms with Crippen LogP contribution in [0.4, 0.5) is 19.0 Å². The molecule has 9 nitrogen and oxygen atoms in total. The molecule has 0 spiro atoms. The molecule has 13 heteroatoms. The summed E-state index contributed by atoms with van der Waals surface area (Å²) in [6.45, 7) is 5.14. The van der Waals surface area contributed by atoms with Crippen LogP contribution in [0.3, 0.4) is 0 Å². The first-order chi connectivity index (χ1) is 19.7. The maximum absolute atomic E-state index is 12.9. The standard InChI is InChI=1S/C28H28F3N9S/c1-17-18(3-4-25-23(17)9-21(12-32)40(25)15-20-14-38(2)37-36-20)13-39-7-5-19(6-8-39)35-26-24-10-22(11-28(29,30)31)41-27(24)34-16-33-26/h3-4,9-10,14,16,19H,5-8,11,13,15H2,1-2H3,(H,33,34,35). The summed E-state index contributed by atoms with van der Waals surface area (Å²) < 4.78 is 42.3. The highest BCUT2D eigenvalue weighted by Gasteiger charge is 2.29. The Morgan fingerprint density at radius 3 is 2.63 bits per heavy atom. The number of aromatic nitrogens is 6. The van der Waals surface area contributed by atoms with Crippen LogP contribution >= 0.6 is 11.3 Å². The predicted molar refractivity (Wildman–Crippen MR) is 151 cm³/mol. The van der Waals surface area contributed by atoms with Crippen molar-refractivity contribution in [2.75, 3.05) is 18.4 Å². The van der Waals surface area contributed by atoms with Crippen LogP contribution < -0.4 is 5.32 Å². The van der Waals surface area contributed by atoms with Gasteiger partial charge in [0.25, 0.3) is 0 Å². The van der Waals surface area contributed by atoms with E-state index >= 15 is 0 Å². The summed E-state index contributed by atoms with van der Waals surface area (Å²) in [5.41, 5.74) is 4.76. The normalized spacial score (nSPS) is 15.1. The van der Waals surface area contributed by atoms with Crippen LogP contribution in [-0.2, 0) is 26.6 Å². The van der Waals surface area contributed by atoms with Crippen LogP contribution in [0.25, 0.3) is 21.1 Å². The Labute approximate surface area is 238 Å². The zero-order chi connectivity index (χ0) is 28.7. The number of rotatable bonds is 7. The highest BCUT2D eigenvalue weighted by atomic mass is 32.1. The highest BCUT2D eigenvalue weighted by molar-refractivity contribution is 7.18. The number of nitriles is 1. The molecule has 0 radical (unpaired) electrons. The first-order valence-electron chi connectivity index (χ1n) is 13.3. The number of alkyl halides is 3. The molecule has 1 aliphatic heterocycles. The van der Waals surface area contributed by atoms with Crippen molar-refractivity contribution in [3.05, 3.63) is 64.2 Å². The van der Waals surface area contributed by atoms with Crippen molar-refractivity contribution >= 4 is 38.3 Å². The third-order valence-corrected chi connectivity index (χ3v) is 8.67. The number of halogens is 3. The van der Waals surface area contributed by atoms with Crippen molar-refractivity contribution in [1.29, 1.82) is 5.26 Å². The number of aryl methyl sites for hydroxylation is 2. The van der Waals surface area contributed by atoms with Crippen molar-refractivity contribution in [2.24, 2.45) is 7.05 Å². The second-order valence-corrected chi connectivity index (χ2v) is 11.6. The zero-order valence-corrected chi connectivity index (χ0v) is 23.4. The smallest absolute Gasteiger partial charge is 0.367 e. The van der Waals surface area contributed by atoms with Crippen LogP contribution in [0.1, 0.15) is 40.2 Å². The summed E-state index contributed by atoms with van der Waals surface area (Å²) in [7, 11) is 1.82. The number of piperidine rings is 1. The van der Waals surface area contributed by atoms with Crippen molar-refractivity contribution in [2.45, 2.75) is 51.5 Å². The molecule has 1 N–H and O–H groups in total. The Bertz CT molecular complexity index is 1750. The molecule has 1 aliphatic rings. The number of likely N-dealkylation sites (tertiary alicyclic amines) is 1. The van der Waals surface area contributed by atoms with E-state index in [1.807, 2.05) is 23.9 Å². The first-order valence-corrected chi connectivity index (χ1v) is 14.1. The molecule has 212 valence electrons. The SMILES string of the molecule is Cc1c(CN2CCC(Nc3ncnc4sc(CC(F)(F)F)cc34)CC2)ccc2c1cc(C#N)n2Cc1cn(C)nn1. The molecule has 1 aromatic carbocycles. The van der Waals surface area contributed by atoms with Gasteiger partial charge >= 0.3 is 6.18 Å². The lowest BCUT2D eigenvalue weighted by molar-refractivity contribution is -0.126. The first kappa shape index (κ1) is 27.2. The largest absolute Gasteiger partial charge is 0.393 e. The van der Waals surface area contributed by atoms with E-state index in [9.17, 15) is 18.4 Å². The Kier molecular flexibility index (Phi) is 7.13. The average molecular weight is 580 g/mol. The second kappa shape index (κ2) is 10.8. The summed E-state index contributed by atoms with van der Waals surface area (Å²) in [6.07, 6.45) is -0.173. The summed E-state index contributed by atoms with van der Waals surface area (Å²) in [5.74, 6) is 0.596. The fourth-order valence-electron chi connectivity index (χ4n) is 5.56. The lowest BCUT2D eigenvalue weighted by Crippen LogP contribution is -2.39. The Morgan fingerprint density at radius 2 is 1.93 bits per heavy atom. The number of hydrogen-bond donors (Lipinski definition) is 1. The van der Waals surface area contributed by atoms with E-state index < -0.39 is 12.6 Å². The molecule has 0 atom stereocenters. The molecular weight excluding hydrogens is 551 g/mol. The van der Waals surface area contributed by atoms with Crippen LogP contribution in [0, 0.1) is 18.3 Å². The number of fused-ring (bicyclic) bond motifs is 2. The average Bonchev–Trinajstić information content (AvgIpc) is 3.63. The van der Waals surface area contributed by atoms with E-state index in [-0.39, 0.29) is 10.9 Å². The maximum Gasteiger partial charge on any atom is 0.393 e. The van der Waals surface area contributed by atoms with Gasteiger partial charge in [-0.15, -0.1) is 16.4 Å². The molecule has 0 amide bonds. The fourth-order valence-corrected chi connectivity index (χ4v) is 6.59. The molecule has 0 saturated carbocycles. The van der Waals surface area contributed by atoms with E-state index in [2.05, 4.69) is 55.6 Å². The maximum atomic E-state index is 12.9. The topological polar surface area (TPSA) is 100 Å². The van der Waals surface area contributed by atoms with E-state index in [4.69, 9.17) is 0 Å². The van der Waals surface area contributed by atoms with Gasteiger partial charge in [-0.3, -0.25) is 9.58 Å². The molecule has 0 aliphatic carbocycles. The third kappa shape index (κ3) is 5.75. The minimum atomic E-state index is -4.25. The summed E-state index contributed by atoms with van der Waals surface area (Å²) in [5, 5.41) is 23.1. The van der Waals surface area contributed by atoms with Crippen molar-refractivity contribution in [3.8, 4) is 6.07 Å². The molecule has 0 unspecified atom stereocenters. The van der Waals surface area contributed by atoms with Crippen LogP contribution in [0.2, 0.25) is 0 Å². The van der Waals surface area contributed by atoms with Gasteiger partial charge in [0.1, 0.15) is 34.4 Å². The number of nitrogens with one attached hydrogen (secondary N) is 1. The van der Waals surface area contributed by atoms with E-state index in [0.29, 0.717) is 28.3 Å². The Morgan fingerprint density at radius 1 is 1.12 bits per heavy atom. The number of anilines is 1. The molecule has 1 fully saturated rings. The van der Waals surface area contributed by atoms with E-state index in [1.165, 1.54) is 11.9 Å². The second-order valence-electron chi connectivity index (χ2n) is 10.5. The van der Waals surface area contributed by atoms with Crippen molar-refractivity contribution in [1.82, 2.24) is 34.4 Å². The lowest BCUT2D eigenvalue weighted by atomic mass is 10.0. The van der Waals surface area contributed by atoms with Gasteiger partial charge in [-0.05, 0) is 49.1 Å². The van der Waals surface area contributed by atoms with E-state index in [1.54, 1.807) is 10.7 Å². The molecule has 4 aromatic heterocycles. The minimum absolute atomic E-state index is 0.173. The van der Waals surface area contributed by atoms with Gasteiger partial charge < -0.3 is 9.88 Å². The van der Waals surface area contributed by atoms with Gasteiger partial charge in [0.2, 0.25) is 0 Å². The lowest BCUT2D eigenvalue weighted by Gasteiger charge is -2.33. The third-order valence-electron chi connectivity index (χ3n) is 7.63. The van der Waals surface area contributed by atoms with Gasteiger partial charge in [-0.2, -0.15) is 18.4 Å².